The molecule has 10 heteroatoms. The molecule has 0 aliphatic carbocycles. The van der Waals surface area contributed by atoms with Crippen molar-refractivity contribution in [1.29, 1.82) is 0 Å². The smallest absolute Gasteiger partial charge is 0.547 e. The minimum atomic E-state index is -2.40. The molecule has 0 fully saturated rings. The minimum Gasteiger partial charge on any atom is -0.547 e. The molecule has 96 valence electrons. The Labute approximate surface area is 121 Å². The van der Waals surface area contributed by atoms with E-state index in [1.807, 2.05) is 0 Å². The fraction of sp³-hybridized carbons (Fsp3) is 0.857. The van der Waals surface area contributed by atoms with Gasteiger partial charge in [-0.15, -0.1) is 0 Å². The number of carboxylic acids is 1. The molecular weight excluding hydrogens is 246 g/mol. The third kappa shape index (κ3) is 6.70. The molecule has 0 radical (unpaired) electrons. The molecule has 0 aliphatic heterocycles. The summed E-state index contributed by atoms with van der Waals surface area (Å²) in [6.07, 6.45) is -10.5. The molecule has 8 nitrogen and oxygen atoms in total. The van der Waals surface area contributed by atoms with Crippen LogP contribution in [0.3, 0.4) is 0 Å². The molecule has 5 atom stereocenters. The van der Waals surface area contributed by atoms with Gasteiger partial charge in [0.15, 0.2) is 0 Å². The van der Waals surface area contributed by atoms with Crippen molar-refractivity contribution in [3.8, 4) is 0 Å². The van der Waals surface area contributed by atoms with E-state index in [4.69, 9.17) is 30.6 Å². The fourth-order valence-corrected chi connectivity index (χ4v) is 0.864. The molecule has 0 aromatic carbocycles. The average molecular weight is 262 g/mol. The van der Waals surface area contributed by atoms with Crippen molar-refractivity contribution >= 4 is 14.4 Å². The molecule has 0 bridgehead atoms. The van der Waals surface area contributed by atoms with E-state index < -0.39 is 43.1 Å². The molecule has 0 heterocycles. The van der Waals surface area contributed by atoms with Gasteiger partial charge in [0.2, 0.25) is 0 Å². The Kier molecular flexibility index (Phi) is 13.5. The Morgan fingerprint density at radius 1 is 1.00 bits per heavy atom. The number of hydrogen-bond donors (Lipinski definition) is 6. The molecule has 6 N–H and O–H groups in total. The van der Waals surface area contributed by atoms with E-state index in [1.54, 1.807) is 0 Å². The van der Waals surface area contributed by atoms with E-state index in [0.29, 0.717) is 0 Å². The zero-order valence-electron chi connectivity index (χ0n) is 8.59. The molecule has 0 aromatic heterocycles. The quantitative estimate of drug-likeness (QED) is 0.257. The van der Waals surface area contributed by atoms with Gasteiger partial charge < -0.3 is 40.5 Å². The summed E-state index contributed by atoms with van der Waals surface area (Å²) in [7, 11) is 0. The Morgan fingerprint density at radius 2 is 1.41 bits per heavy atom. The van der Waals surface area contributed by atoms with Gasteiger partial charge in [-0.1, -0.05) is 0 Å². The van der Waals surface area contributed by atoms with Crippen molar-refractivity contribution < 1.29 is 70.1 Å². The first kappa shape index (κ1) is 22.5. The van der Waals surface area contributed by atoms with Gasteiger partial charge in [-0.25, -0.2) is 0 Å². The van der Waals surface area contributed by atoms with Crippen molar-refractivity contribution in [1.82, 2.24) is 0 Å². The van der Waals surface area contributed by atoms with Gasteiger partial charge in [0.05, 0.1) is 21.0 Å². The van der Waals surface area contributed by atoms with Gasteiger partial charge in [0.25, 0.3) is 0 Å². The van der Waals surface area contributed by atoms with Crippen LogP contribution in [0.2, 0.25) is 0 Å². The maximum Gasteiger partial charge on any atom is 1.00 e. The maximum absolute atomic E-state index is 10.1. The van der Waals surface area contributed by atoms with Gasteiger partial charge >= 0.3 is 29.6 Å². The number of carbonyl (C=O) groups excluding carboxylic acids is 1. The van der Waals surface area contributed by atoms with Gasteiger partial charge in [-0.2, -0.15) is 0 Å². The number of carbonyl (C=O) groups is 1. The number of rotatable bonds is 6. The normalized spacial score (nSPS) is 18.9. The zero-order valence-corrected chi connectivity index (χ0v) is 10.6. The molecule has 0 amide bonds. The van der Waals surface area contributed by atoms with E-state index in [9.17, 15) is 9.90 Å². The van der Waals surface area contributed by atoms with E-state index in [2.05, 4.69) is 0 Å². The number of hydrogen-bond acceptors (Lipinski definition) is 8. The third-order valence-electron chi connectivity index (χ3n) is 1.85. The largest absolute Gasteiger partial charge is 1.00 e. The first-order valence-electron chi connectivity index (χ1n) is 4.05. The molecule has 0 saturated heterocycles. The standard InChI is InChI=1S/C7H14O8.BH3.Na/c8-1-2(9)3(10)4(11)5(12)6(13)7(14)15;;/h2-6,8-13H,1H2,(H,14,15);1H3;/q;;+1/p-1/t2-,3+,4-,5-,6-;;/m1../s1. The van der Waals surface area contributed by atoms with Crippen molar-refractivity contribution in [3.05, 3.63) is 0 Å². The van der Waals surface area contributed by atoms with Gasteiger partial charge in [-0.05, 0) is 0 Å². The van der Waals surface area contributed by atoms with Crippen molar-refractivity contribution in [2.24, 2.45) is 0 Å². The third-order valence-corrected chi connectivity index (χ3v) is 1.85. The number of carboxylic acid groups (broad SMARTS) is 1. The van der Waals surface area contributed by atoms with Crippen LogP contribution in [0.15, 0.2) is 0 Å². The Hall–Kier alpha value is 0.295. The average Bonchev–Trinajstić information content (AvgIpc) is 2.23. The molecule has 0 spiro atoms. The number of aliphatic hydroxyl groups is 6. The summed E-state index contributed by atoms with van der Waals surface area (Å²) in [5.74, 6) is -2.03. The zero-order chi connectivity index (χ0) is 12.2. The van der Waals surface area contributed by atoms with E-state index in [0.717, 1.165) is 0 Å². The van der Waals surface area contributed by atoms with E-state index in [1.165, 1.54) is 0 Å². The summed E-state index contributed by atoms with van der Waals surface area (Å²) < 4.78 is 0. The monoisotopic (exact) mass is 262 g/mol. The van der Waals surface area contributed by atoms with Crippen LogP contribution < -0.4 is 34.7 Å². The van der Waals surface area contributed by atoms with Gasteiger partial charge in [0, 0.05) is 0 Å². The van der Waals surface area contributed by atoms with Gasteiger partial charge in [-0.3, -0.25) is 0 Å². The van der Waals surface area contributed by atoms with Crippen LogP contribution in [0.5, 0.6) is 0 Å². The first-order chi connectivity index (χ1) is 6.82. The summed E-state index contributed by atoms with van der Waals surface area (Å²) in [6, 6.07) is 0. The predicted octanol–water partition coefficient (Wildman–Crippen LogP) is -9.65. The molecule has 0 saturated carbocycles. The minimum absolute atomic E-state index is 0. The summed E-state index contributed by atoms with van der Waals surface area (Å²) in [5.41, 5.74) is 0. The van der Waals surface area contributed by atoms with Crippen LogP contribution in [0.25, 0.3) is 0 Å². The number of aliphatic hydroxyl groups excluding tert-OH is 6. The SMILES string of the molecule is B.O=C([O-])[C@H](O)[C@H](O)[C@H](O)[C@@H](O)[C@H](O)CO.[Na+]. The van der Waals surface area contributed by atoms with E-state index >= 15 is 0 Å². The van der Waals surface area contributed by atoms with Crippen molar-refractivity contribution in [3.63, 3.8) is 0 Å². The van der Waals surface area contributed by atoms with Gasteiger partial charge in [0.1, 0.15) is 30.5 Å². The summed E-state index contributed by atoms with van der Waals surface area (Å²) in [6.45, 7) is -0.896. The second-order valence-electron chi connectivity index (χ2n) is 2.99. The Morgan fingerprint density at radius 3 is 1.71 bits per heavy atom. The molecule has 0 aromatic rings. The fourth-order valence-electron chi connectivity index (χ4n) is 0.864. The second-order valence-corrected chi connectivity index (χ2v) is 2.99. The number of aliphatic carboxylic acids is 1. The van der Waals surface area contributed by atoms with Crippen molar-refractivity contribution in [2.75, 3.05) is 6.61 Å². The van der Waals surface area contributed by atoms with Crippen LogP contribution in [0.1, 0.15) is 0 Å². The van der Waals surface area contributed by atoms with Crippen LogP contribution in [-0.2, 0) is 4.79 Å². The van der Waals surface area contributed by atoms with Crippen LogP contribution in [-0.4, -0.2) is 82.1 Å². The molecule has 0 rings (SSSR count). The topological polar surface area (TPSA) is 162 Å². The summed E-state index contributed by atoms with van der Waals surface area (Å²) in [4.78, 5) is 10.1. The summed E-state index contributed by atoms with van der Waals surface area (Å²) in [5, 5.41) is 63.2. The Balaban J connectivity index is -0.000000980. The van der Waals surface area contributed by atoms with Crippen LogP contribution in [0, 0.1) is 0 Å². The van der Waals surface area contributed by atoms with E-state index in [-0.39, 0.29) is 38.0 Å². The predicted molar refractivity (Wildman–Crippen MR) is 52.1 cm³/mol. The summed E-state index contributed by atoms with van der Waals surface area (Å²) >= 11 is 0. The molecular formula is C7H16BNaO8. The van der Waals surface area contributed by atoms with Crippen molar-refractivity contribution in [2.45, 2.75) is 30.5 Å². The molecule has 0 unspecified atom stereocenters. The van der Waals surface area contributed by atoms with Crippen LogP contribution >= 0.6 is 0 Å². The Bertz CT molecular complexity index is 218. The molecule has 0 aliphatic rings. The molecule has 17 heavy (non-hydrogen) atoms. The van der Waals surface area contributed by atoms with Crippen LogP contribution in [0.4, 0.5) is 0 Å². The second kappa shape index (κ2) is 10.2. The maximum atomic E-state index is 10.1. The first-order valence-corrected chi connectivity index (χ1v) is 4.05.